The van der Waals surface area contributed by atoms with Gasteiger partial charge in [-0.2, -0.15) is 0 Å². The average molecular weight is 1100 g/mol. The summed E-state index contributed by atoms with van der Waals surface area (Å²) in [5.74, 6) is 0. The Morgan fingerprint density at radius 3 is 0.583 bits per heavy atom. The first-order chi connectivity index (χ1) is 41.4. The van der Waals surface area contributed by atoms with Crippen LogP contribution in [0.15, 0.2) is 207 Å². The second-order valence-electron chi connectivity index (χ2n) is 21.6. The molecule has 4 aromatic heterocycles. The fraction of sp³-hybridized carbons (Fsp3) is 0.211. The van der Waals surface area contributed by atoms with Crippen molar-refractivity contribution in [3.8, 4) is 0 Å². The Kier molecular flexibility index (Phi) is 15.9. The van der Waals surface area contributed by atoms with E-state index in [9.17, 15) is 0 Å². The summed E-state index contributed by atoms with van der Waals surface area (Å²) in [6.45, 7) is 18.0. The van der Waals surface area contributed by atoms with Gasteiger partial charge in [0, 0.05) is 105 Å². The van der Waals surface area contributed by atoms with E-state index in [1.54, 1.807) is 0 Å². The molecule has 0 saturated carbocycles. The van der Waals surface area contributed by atoms with Crippen LogP contribution in [0, 0.1) is 0 Å². The molecule has 0 unspecified atom stereocenters. The van der Waals surface area contributed by atoms with Crippen LogP contribution in [-0.4, -0.2) is 19.9 Å². The van der Waals surface area contributed by atoms with Crippen LogP contribution < -0.4 is 19.6 Å². The molecule has 0 aliphatic carbocycles. The molecule has 8 heteroatoms. The van der Waals surface area contributed by atoms with Gasteiger partial charge >= 0.3 is 0 Å². The Balaban J connectivity index is 1.36. The van der Waals surface area contributed by atoms with Crippen molar-refractivity contribution < 1.29 is 0 Å². The van der Waals surface area contributed by atoms with Crippen molar-refractivity contribution >= 4 is 101 Å². The first-order valence-electron chi connectivity index (χ1n) is 30.4. The smallest absolute Gasteiger partial charge is 0.0561 e. The number of rotatable bonds is 20. The fourth-order valence-corrected chi connectivity index (χ4v) is 12.9. The highest BCUT2D eigenvalue weighted by molar-refractivity contribution is 6.33. The number of hydrogen-bond donors (Lipinski definition) is 0. The largest absolute Gasteiger partial charge is 0.309 e. The average Bonchev–Trinajstić information content (AvgIpc) is 0.944. The summed E-state index contributed by atoms with van der Waals surface area (Å²) < 4.78 is 0. The van der Waals surface area contributed by atoms with Crippen molar-refractivity contribution in [1.29, 1.82) is 0 Å². The summed E-state index contributed by atoms with van der Waals surface area (Å²) in [5, 5.41) is 6.94. The predicted octanol–water partition coefficient (Wildman–Crippen LogP) is 20.5. The molecule has 0 atom stereocenters. The summed E-state index contributed by atoms with van der Waals surface area (Å²) in [6.07, 6.45) is 23.1. The van der Waals surface area contributed by atoms with Gasteiger partial charge in [0.15, 0.2) is 0 Å². The number of hydrogen-bond acceptors (Lipinski definition) is 8. The van der Waals surface area contributed by atoms with E-state index in [1.807, 2.05) is 0 Å². The van der Waals surface area contributed by atoms with E-state index < -0.39 is 0 Å². The Hall–Kier alpha value is -9.40. The van der Waals surface area contributed by atoms with E-state index in [4.69, 9.17) is 19.9 Å². The minimum Gasteiger partial charge on any atom is -0.309 e. The van der Waals surface area contributed by atoms with Gasteiger partial charge in [0.2, 0.25) is 0 Å². The maximum absolute atomic E-state index is 4.89. The summed E-state index contributed by atoms with van der Waals surface area (Å²) in [5.41, 5.74) is 22.8. The van der Waals surface area contributed by atoms with E-state index in [-0.39, 0.29) is 0 Å². The van der Waals surface area contributed by atoms with Crippen LogP contribution in [-0.2, 0) is 51.4 Å². The van der Waals surface area contributed by atoms with Crippen LogP contribution >= 0.6 is 0 Å². The Morgan fingerprint density at radius 1 is 0.238 bits per heavy atom. The first kappa shape index (κ1) is 55.2. The molecule has 0 spiro atoms. The summed E-state index contributed by atoms with van der Waals surface area (Å²) in [7, 11) is 0. The molecule has 8 aromatic carbocycles. The number of benzene rings is 8. The molecule has 12 rings (SSSR count). The zero-order chi connectivity index (χ0) is 57.8. The van der Waals surface area contributed by atoms with E-state index >= 15 is 0 Å². The van der Waals surface area contributed by atoms with Crippen LogP contribution in [0.5, 0.6) is 0 Å². The minimum absolute atomic E-state index is 0.811. The number of nitrogens with zero attached hydrogens (tertiary/aromatic N) is 8. The van der Waals surface area contributed by atoms with Gasteiger partial charge in [-0.25, -0.2) is 0 Å². The number of para-hydroxylation sites is 4. The zero-order valence-corrected chi connectivity index (χ0v) is 49.9. The van der Waals surface area contributed by atoms with Gasteiger partial charge in [-0.05, 0) is 157 Å². The highest BCUT2D eigenvalue weighted by Crippen LogP contribution is 2.57. The molecule has 0 fully saturated rings. The van der Waals surface area contributed by atoms with Crippen LogP contribution in [0.1, 0.15) is 99.9 Å². The summed E-state index contributed by atoms with van der Waals surface area (Å²) in [4.78, 5) is 29.8. The molecular formula is C76H74N8. The highest BCUT2D eigenvalue weighted by Gasteiger charge is 2.32. The van der Waals surface area contributed by atoms with E-state index in [0.29, 0.717) is 0 Å². The van der Waals surface area contributed by atoms with Crippen molar-refractivity contribution in [2.24, 2.45) is 0 Å². The van der Waals surface area contributed by atoms with E-state index in [0.717, 1.165) is 118 Å². The number of aryl methyl sites for hydroxylation is 8. The third kappa shape index (κ3) is 9.63. The lowest BCUT2D eigenvalue weighted by molar-refractivity contribution is 1.02. The van der Waals surface area contributed by atoms with Crippen LogP contribution in [0.4, 0.5) is 68.2 Å². The second kappa shape index (κ2) is 24.2. The molecule has 12 aromatic rings. The molecule has 0 saturated heterocycles. The molecule has 0 N–H and O–H groups in total. The molecule has 0 amide bonds. The molecule has 0 bridgehead atoms. The number of anilines is 12. The third-order valence-electron chi connectivity index (χ3n) is 17.1. The summed E-state index contributed by atoms with van der Waals surface area (Å²) in [6, 6.07) is 58.7. The molecule has 84 heavy (non-hydrogen) atoms. The van der Waals surface area contributed by atoms with Gasteiger partial charge in [-0.3, -0.25) is 19.9 Å². The highest BCUT2D eigenvalue weighted by atomic mass is 15.2. The molecule has 4 heterocycles. The minimum atomic E-state index is 0.811. The Morgan fingerprint density at radius 2 is 0.417 bits per heavy atom. The van der Waals surface area contributed by atoms with Gasteiger partial charge in [-0.1, -0.05) is 152 Å². The van der Waals surface area contributed by atoms with Crippen molar-refractivity contribution in [2.75, 3.05) is 19.6 Å². The van der Waals surface area contributed by atoms with Crippen LogP contribution in [0.3, 0.4) is 0 Å². The number of aromatic nitrogens is 4. The zero-order valence-electron chi connectivity index (χ0n) is 49.9. The van der Waals surface area contributed by atoms with Crippen molar-refractivity contribution in [1.82, 2.24) is 19.9 Å². The lowest BCUT2D eigenvalue weighted by Crippen LogP contribution is -2.19. The Bertz CT molecular complexity index is 3630. The lowest BCUT2D eigenvalue weighted by atomic mass is 9.88. The number of pyridine rings is 4. The van der Waals surface area contributed by atoms with Crippen LogP contribution in [0.25, 0.3) is 32.3 Å². The molecule has 0 aliphatic rings. The predicted molar refractivity (Wildman–Crippen MR) is 355 cm³/mol. The second-order valence-corrected chi connectivity index (χ2v) is 21.6. The fourth-order valence-electron chi connectivity index (χ4n) is 12.9. The molecular weight excluding hydrogens is 1020 g/mol. The standard InChI is InChI=1S/C76H74N8/c1-9-51-43-77-44-52(10-2)73(51)81(59-29-21-17-22-30-59)67-41-68(82(60-31-23-18-24-32-60)74-53(11-3)45-78-46-54(74)12-4)64-39-40-66-70(84(62-35-27-20-28-36-62)76-57(15-7)49-80-50-58(76)16-8)42-69(65-38-37-63(67)71(64)72(65)66)83(61-33-25-19-26-34-61)75-55(13-5)47-79-48-56(75)14-6/h17-50H,9-16H2,1-8H3. The monoisotopic (exact) mass is 1100 g/mol. The SMILES string of the molecule is CCc1cncc(CC)c1N(c1ccccc1)c1cc(N(c2ccccc2)c2c(CC)cncc2CC)c2ccc3c(N(c4ccccc4)c4c(CC)cncc4CC)cc(N(c4ccccc4)c4c(CC)cncc4CC)c4ccc1c2c43. The maximum Gasteiger partial charge on any atom is 0.0561 e. The van der Waals surface area contributed by atoms with Crippen molar-refractivity contribution in [3.05, 3.63) is 252 Å². The van der Waals surface area contributed by atoms with Gasteiger partial charge < -0.3 is 19.6 Å². The van der Waals surface area contributed by atoms with Gasteiger partial charge in [0.05, 0.1) is 45.5 Å². The van der Waals surface area contributed by atoms with Gasteiger partial charge in [-0.15, -0.1) is 0 Å². The quantitative estimate of drug-likeness (QED) is 0.0700. The molecule has 418 valence electrons. The summed E-state index contributed by atoms with van der Waals surface area (Å²) >= 11 is 0. The van der Waals surface area contributed by atoms with Crippen LogP contribution in [0.2, 0.25) is 0 Å². The molecule has 0 aliphatic heterocycles. The molecule has 8 nitrogen and oxygen atoms in total. The van der Waals surface area contributed by atoms with Gasteiger partial charge in [0.1, 0.15) is 0 Å². The first-order valence-corrected chi connectivity index (χ1v) is 30.4. The normalized spacial score (nSPS) is 11.5. The third-order valence-corrected chi connectivity index (χ3v) is 17.1. The Labute approximate surface area is 496 Å². The molecule has 0 radical (unpaired) electrons. The van der Waals surface area contributed by atoms with Gasteiger partial charge in [0.25, 0.3) is 0 Å². The maximum atomic E-state index is 4.89. The lowest BCUT2D eigenvalue weighted by Gasteiger charge is -2.36. The van der Waals surface area contributed by atoms with Crippen molar-refractivity contribution in [2.45, 2.75) is 107 Å². The van der Waals surface area contributed by atoms with E-state index in [2.05, 4.69) is 282 Å². The topological polar surface area (TPSA) is 64.5 Å². The van der Waals surface area contributed by atoms with E-state index in [1.165, 1.54) is 78.0 Å². The van der Waals surface area contributed by atoms with Crippen molar-refractivity contribution in [3.63, 3.8) is 0 Å².